The second-order valence-electron chi connectivity index (χ2n) is 4.66. The molecule has 1 aliphatic rings. The molecule has 94 valence electrons. The van der Waals surface area contributed by atoms with E-state index < -0.39 is 5.41 Å². The summed E-state index contributed by atoms with van der Waals surface area (Å²) in [6, 6.07) is 10.1. The van der Waals surface area contributed by atoms with Crippen LogP contribution in [0.25, 0.3) is 10.8 Å². The molecule has 1 unspecified atom stereocenters. The van der Waals surface area contributed by atoms with Gasteiger partial charge in [0.25, 0.3) is 0 Å². The van der Waals surface area contributed by atoms with Crippen LogP contribution in [0, 0.1) is 0 Å². The standard InChI is InChI=1S/C16H14N2O/c19-18-12-16(9-4-1-5-10-16)15-14-7-3-2-6-13(14)8-11-17-15/h1-9,11-12,19H,10H2. The highest BCUT2D eigenvalue weighted by molar-refractivity contribution is 5.90. The Hall–Kier alpha value is -2.42. The lowest BCUT2D eigenvalue weighted by molar-refractivity contribution is 0.318. The molecule has 0 spiro atoms. The van der Waals surface area contributed by atoms with E-state index in [9.17, 15) is 0 Å². The smallest absolute Gasteiger partial charge is 0.0734 e. The van der Waals surface area contributed by atoms with E-state index in [4.69, 9.17) is 5.21 Å². The molecular weight excluding hydrogens is 236 g/mol. The number of oxime groups is 1. The first-order valence-corrected chi connectivity index (χ1v) is 6.23. The van der Waals surface area contributed by atoms with E-state index in [1.807, 2.05) is 36.4 Å². The summed E-state index contributed by atoms with van der Waals surface area (Å²) in [5, 5.41) is 14.5. The summed E-state index contributed by atoms with van der Waals surface area (Å²) in [6.45, 7) is 0. The number of fused-ring (bicyclic) bond motifs is 1. The van der Waals surface area contributed by atoms with Crippen LogP contribution in [0.2, 0.25) is 0 Å². The Labute approximate surface area is 111 Å². The van der Waals surface area contributed by atoms with Crippen LogP contribution >= 0.6 is 0 Å². The maximum Gasteiger partial charge on any atom is 0.0734 e. The third-order valence-electron chi connectivity index (χ3n) is 3.50. The molecule has 1 heterocycles. The van der Waals surface area contributed by atoms with Crippen molar-refractivity contribution in [2.24, 2.45) is 5.16 Å². The number of rotatable bonds is 2. The second kappa shape index (κ2) is 4.69. The Morgan fingerprint density at radius 1 is 1.21 bits per heavy atom. The van der Waals surface area contributed by atoms with Crippen LogP contribution < -0.4 is 0 Å². The fraction of sp³-hybridized carbons (Fsp3) is 0.125. The minimum atomic E-state index is -0.468. The molecule has 3 nitrogen and oxygen atoms in total. The summed E-state index contributed by atoms with van der Waals surface area (Å²) < 4.78 is 0. The molecule has 0 amide bonds. The molecule has 19 heavy (non-hydrogen) atoms. The van der Waals surface area contributed by atoms with Crippen molar-refractivity contribution >= 4 is 17.0 Å². The zero-order valence-electron chi connectivity index (χ0n) is 10.4. The molecule has 0 saturated carbocycles. The van der Waals surface area contributed by atoms with Crippen molar-refractivity contribution in [2.75, 3.05) is 0 Å². The average molecular weight is 250 g/mol. The van der Waals surface area contributed by atoms with Crippen LogP contribution in [0.1, 0.15) is 12.1 Å². The van der Waals surface area contributed by atoms with Crippen LogP contribution in [-0.4, -0.2) is 16.4 Å². The highest BCUT2D eigenvalue weighted by Gasteiger charge is 2.31. The number of nitrogens with zero attached hydrogens (tertiary/aromatic N) is 2. The molecule has 0 radical (unpaired) electrons. The monoisotopic (exact) mass is 250 g/mol. The Morgan fingerprint density at radius 3 is 2.89 bits per heavy atom. The number of allylic oxidation sites excluding steroid dienone is 4. The van der Waals surface area contributed by atoms with Crippen molar-refractivity contribution in [3.8, 4) is 0 Å². The van der Waals surface area contributed by atoms with Crippen LogP contribution in [0.5, 0.6) is 0 Å². The summed E-state index contributed by atoms with van der Waals surface area (Å²) in [6.07, 6.45) is 12.2. The number of aromatic nitrogens is 1. The predicted molar refractivity (Wildman–Crippen MR) is 76.6 cm³/mol. The molecule has 1 N–H and O–H groups in total. The Balaban J connectivity index is 2.27. The first kappa shape index (κ1) is 11.7. The van der Waals surface area contributed by atoms with Crippen molar-refractivity contribution in [1.29, 1.82) is 0 Å². The zero-order chi connectivity index (χ0) is 13.1. The van der Waals surface area contributed by atoms with Crippen molar-refractivity contribution in [3.05, 3.63) is 66.5 Å². The van der Waals surface area contributed by atoms with E-state index in [1.54, 1.807) is 12.4 Å². The minimum Gasteiger partial charge on any atom is -0.411 e. The van der Waals surface area contributed by atoms with Gasteiger partial charge in [-0.15, -0.1) is 5.16 Å². The van der Waals surface area contributed by atoms with Crippen molar-refractivity contribution in [1.82, 2.24) is 4.98 Å². The molecule has 3 heteroatoms. The van der Waals surface area contributed by atoms with Gasteiger partial charge < -0.3 is 5.21 Å². The average Bonchev–Trinajstić information content (AvgIpc) is 2.48. The molecule has 3 rings (SSSR count). The summed E-state index contributed by atoms with van der Waals surface area (Å²) in [5.74, 6) is 0. The molecule has 1 aliphatic carbocycles. The lowest BCUT2D eigenvalue weighted by Gasteiger charge is -2.27. The fourth-order valence-corrected chi connectivity index (χ4v) is 2.56. The fourth-order valence-electron chi connectivity index (χ4n) is 2.56. The molecular formula is C16H14N2O. The van der Waals surface area contributed by atoms with Gasteiger partial charge in [0.2, 0.25) is 0 Å². The maximum atomic E-state index is 9.00. The molecule has 1 atom stereocenters. The van der Waals surface area contributed by atoms with E-state index in [2.05, 4.69) is 28.3 Å². The largest absolute Gasteiger partial charge is 0.411 e. The van der Waals surface area contributed by atoms with Crippen LogP contribution in [0.15, 0.2) is 66.0 Å². The predicted octanol–water partition coefficient (Wildman–Crippen LogP) is 3.45. The molecule has 0 fully saturated rings. The van der Waals surface area contributed by atoms with E-state index in [0.717, 1.165) is 22.9 Å². The first-order valence-electron chi connectivity index (χ1n) is 6.23. The maximum absolute atomic E-state index is 9.00. The van der Waals surface area contributed by atoms with Crippen LogP contribution in [-0.2, 0) is 5.41 Å². The van der Waals surface area contributed by atoms with Gasteiger partial charge in [0, 0.05) is 11.6 Å². The van der Waals surface area contributed by atoms with Gasteiger partial charge >= 0.3 is 0 Å². The van der Waals surface area contributed by atoms with Gasteiger partial charge in [0.05, 0.1) is 17.3 Å². The lowest BCUT2D eigenvalue weighted by atomic mass is 9.78. The number of benzene rings is 1. The lowest BCUT2D eigenvalue weighted by Crippen LogP contribution is -2.27. The number of hydrogen-bond acceptors (Lipinski definition) is 3. The van der Waals surface area contributed by atoms with Gasteiger partial charge in [-0.25, -0.2) is 0 Å². The topological polar surface area (TPSA) is 45.5 Å². The van der Waals surface area contributed by atoms with Crippen LogP contribution in [0.3, 0.4) is 0 Å². The Morgan fingerprint density at radius 2 is 2.11 bits per heavy atom. The van der Waals surface area contributed by atoms with Gasteiger partial charge in [0.1, 0.15) is 0 Å². The molecule has 0 bridgehead atoms. The first-order chi connectivity index (χ1) is 9.36. The highest BCUT2D eigenvalue weighted by atomic mass is 16.4. The van der Waals surface area contributed by atoms with Gasteiger partial charge in [-0.3, -0.25) is 4.98 Å². The molecule has 1 aromatic carbocycles. The Bertz CT molecular complexity index is 683. The third-order valence-corrected chi connectivity index (χ3v) is 3.50. The summed E-state index contributed by atoms with van der Waals surface area (Å²) in [4.78, 5) is 4.53. The molecule has 0 aliphatic heterocycles. The minimum absolute atomic E-state index is 0.468. The summed E-state index contributed by atoms with van der Waals surface area (Å²) in [5.41, 5.74) is 0.452. The van der Waals surface area contributed by atoms with Crippen molar-refractivity contribution in [2.45, 2.75) is 11.8 Å². The number of pyridine rings is 1. The SMILES string of the molecule is ON=CC1(c2nccc3ccccc23)C=CC=CC1. The summed E-state index contributed by atoms with van der Waals surface area (Å²) >= 11 is 0. The van der Waals surface area contributed by atoms with Gasteiger partial charge in [-0.1, -0.05) is 48.6 Å². The van der Waals surface area contributed by atoms with E-state index in [1.165, 1.54) is 0 Å². The highest BCUT2D eigenvalue weighted by Crippen LogP contribution is 2.34. The van der Waals surface area contributed by atoms with Gasteiger partial charge in [0.15, 0.2) is 0 Å². The quantitative estimate of drug-likeness (QED) is 0.504. The molecule has 0 saturated heterocycles. The summed E-state index contributed by atoms with van der Waals surface area (Å²) in [7, 11) is 0. The van der Waals surface area contributed by atoms with Crippen molar-refractivity contribution in [3.63, 3.8) is 0 Å². The normalized spacial score (nSPS) is 22.3. The third kappa shape index (κ3) is 1.93. The van der Waals surface area contributed by atoms with E-state index in [0.29, 0.717) is 0 Å². The van der Waals surface area contributed by atoms with Crippen molar-refractivity contribution < 1.29 is 5.21 Å². The molecule has 2 aromatic rings. The van der Waals surface area contributed by atoms with E-state index in [-0.39, 0.29) is 0 Å². The van der Waals surface area contributed by atoms with Crippen LogP contribution in [0.4, 0.5) is 0 Å². The van der Waals surface area contributed by atoms with Gasteiger partial charge in [-0.2, -0.15) is 0 Å². The second-order valence-corrected chi connectivity index (χ2v) is 4.66. The zero-order valence-corrected chi connectivity index (χ0v) is 10.4. The number of hydrogen-bond donors (Lipinski definition) is 1. The molecule has 1 aromatic heterocycles. The van der Waals surface area contributed by atoms with E-state index >= 15 is 0 Å². The van der Waals surface area contributed by atoms with Gasteiger partial charge in [-0.05, 0) is 17.9 Å². The Kier molecular flexibility index (Phi) is 2.88.